The number of fused-ring (bicyclic) bond motifs is 4. The van der Waals surface area contributed by atoms with Crippen molar-refractivity contribution in [1.29, 1.82) is 0 Å². The number of hydrogen-bond donors (Lipinski definition) is 0. The van der Waals surface area contributed by atoms with Crippen LogP contribution in [0.2, 0.25) is 9.26 Å². The minimum Gasteiger partial charge on any atom is -0.147 e. The molecule has 0 aliphatic heterocycles. The van der Waals surface area contributed by atoms with Crippen LogP contribution in [-0.4, -0.2) is 6.88 Å². The number of allylic oxidation sites excluding steroid dienone is 2. The Balaban J connectivity index is 0.00000128. The van der Waals surface area contributed by atoms with E-state index in [0.717, 1.165) is 6.42 Å². The number of halogens is 2. The first-order chi connectivity index (χ1) is 13.3. The third kappa shape index (κ3) is 3.27. The second kappa shape index (κ2) is 7.89. The predicted octanol–water partition coefficient (Wildman–Crippen LogP) is 6.61. The quantitative estimate of drug-likeness (QED) is 0.255. The SMILES string of the molecule is CC1=C(C)[CH]([Zr]([CH3])([CH3])(=[SiH2])[c]2cccc3c2Cc2ccccc2-3)c2ccccc21.Cl.Cl. The molecule has 0 aromatic heterocycles. The summed E-state index contributed by atoms with van der Waals surface area (Å²) in [6.45, 7) is 7.12. The molecule has 0 spiro atoms. The molecule has 0 saturated heterocycles. The fourth-order valence-electron chi connectivity index (χ4n) is 6.03. The molecule has 1 atom stereocenters. The first kappa shape index (κ1) is 23.7. The van der Waals surface area contributed by atoms with E-state index in [9.17, 15) is 0 Å². The van der Waals surface area contributed by atoms with Crippen LogP contribution < -0.4 is 3.27 Å². The molecule has 0 fully saturated rings. The topological polar surface area (TPSA) is 0 Å². The van der Waals surface area contributed by atoms with Crippen molar-refractivity contribution in [2.24, 2.45) is 0 Å². The Hall–Kier alpha value is -0.920. The molecule has 2 aliphatic rings. The summed E-state index contributed by atoms with van der Waals surface area (Å²) in [5.41, 5.74) is 12.2. The Kier molecular flexibility index (Phi) is 6.24. The minimum absolute atomic E-state index is 0. The average molecular weight is 533 g/mol. The summed E-state index contributed by atoms with van der Waals surface area (Å²) in [4.78, 5) is 0. The Morgan fingerprint density at radius 2 is 1.37 bits per heavy atom. The van der Waals surface area contributed by atoms with Gasteiger partial charge in [-0.3, -0.25) is 0 Å². The minimum atomic E-state index is -3.34. The molecule has 5 rings (SSSR count). The molecule has 3 aromatic rings. The van der Waals surface area contributed by atoms with Crippen LogP contribution in [0.3, 0.4) is 0 Å². The van der Waals surface area contributed by atoms with Crippen molar-refractivity contribution in [2.45, 2.75) is 33.2 Å². The van der Waals surface area contributed by atoms with Crippen LogP contribution in [0.5, 0.6) is 0 Å². The smallest absolute Gasteiger partial charge is 0.147 e. The molecule has 0 saturated carbocycles. The van der Waals surface area contributed by atoms with Gasteiger partial charge in [0.25, 0.3) is 0 Å². The van der Waals surface area contributed by atoms with Crippen molar-refractivity contribution in [3.05, 3.63) is 94.6 Å². The van der Waals surface area contributed by atoms with E-state index in [-0.39, 0.29) is 24.8 Å². The Morgan fingerprint density at radius 1 is 0.767 bits per heavy atom. The number of benzene rings is 3. The monoisotopic (exact) mass is 530 g/mol. The first-order valence-electron chi connectivity index (χ1n) is 10.3. The van der Waals surface area contributed by atoms with Gasteiger partial charge in [0, 0.05) is 0 Å². The molecule has 3 aromatic carbocycles. The summed E-state index contributed by atoms with van der Waals surface area (Å²) in [6, 6.07) is 25.3. The summed E-state index contributed by atoms with van der Waals surface area (Å²) in [5.74, 6) is 0. The van der Waals surface area contributed by atoms with E-state index in [0.29, 0.717) is 3.63 Å². The zero-order chi connectivity index (χ0) is 19.7. The van der Waals surface area contributed by atoms with Crippen LogP contribution in [0, 0.1) is 0 Å². The Morgan fingerprint density at radius 3 is 2.10 bits per heavy atom. The Labute approximate surface area is 195 Å². The summed E-state index contributed by atoms with van der Waals surface area (Å²) in [6.07, 6.45) is 1.10. The van der Waals surface area contributed by atoms with Crippen molar-refractivity contribution in [3.8, 4) is 11.1 Å². The maximum Gasteiger partial charge on any atom is -0.147 e. The van der Waals surface area contributed by atoms with Crippen molar-refractivity contribution in [2.75, 3.05) is 0 Å². The summed E-state index contributed by atoms with van der Waals surface area (Å²) in [7, 11) is 0. The molecule has 30 heavy (non-hydrogen) atoms. The molecule has 0 nitrogen and oxygen atoms in total. The van der Waals surface area contributed by atoms with E-state index in [1.54, 1.807) is 20.0 Å². The van der Waals surface area contributed by atoms with Crippen LogP contribution in [-0.2, 0) is 23.8 Å². The van der Waals surface area contributed by atoms with Crippen molar-refractivity contribution >= 4 is 40.5 Å². The first-order valence-corrected chi connectivity index (χ1v) is 23.8. The third-order valence-electron chi connectivity index (χ3n) is 7.36. The van der Waals surface area contributed by atoms with Crippen LogP contribution >= 0.6 is 24.8 Å². The number of hydrogen-bond acceptors (Lipinski definition) is 0. The largest absolute Gasteiger partial charge is 0.147 e. The Bertz CT molecular complexity index is 1250. The molecule has 0 heterocycles. The van der Waals surface area contributed by atoms with Gasteiger partial charge in [0.15, 0.2) is 0 Å². The van der Waals surface area contributed by atoms with Crippen LogP contribution in [0.15, 0.2) is 72.3 Å². The normalized spacial score (nSPS) is 16.9. The van der Waals surface area contributed by atoms with Gasteiger partial charge in [-0.1, -0.05) is 0 Å². The zero-order valence-corrected chi connectivity index (χ0v) is 23.7. The van der Waals surface area contributed by atoms with E-state index in [2.05, 4.69) is 96.7 Å². The second-order valence-electron chi connectivity index (χ2n) is 9.80. The summed E-state index contributed by atoms with van der Waals surface area (Å²) >= 11 is -3.34. The summed E-state index contributed by atoms with van der Waals surface area (Å²) < 4.78 is 7.68. The van der Waals surface area contributed by atoms with Gasteiger partial charge in [-0.15, -0.1) is 24.8 Å². The molecule has 0 bridgehead atoms. The molecular formula is C26H30Cl2SiZr. The third-order valence-corrected chi connectivity index (χ3v) is 23.9. The van der Waals surface area contributed by atoms with Gasteiger partial charge in [-0.25, -0.2) is 0 Å². The van der Waals surface area contributed by atoms with E-state index in [1.807, 2.05) is 0 Å². The van der Waals surface area contributed by atoms with Gasteiger partial charge in [0.2, 0.25) is 0 Å². The predicted molar refractivity (Wildman–Crippen MR) is 137 cm³/mol. The van der Waals surface area contributed by atoms with Gasteiger partial charge in [0.1, 0.15) is 0 Å². The van der Waals surface area contributed by atoms with E-state index in [1.165, 1.54) is 27.8 Å². The zero-order valence-electron chi connectivity index (χ0n) is 18.2. The number of rotatable bonds is 2. The van der Waals surface area contributed by atoms with Crippen LogP contribution in [0.1, 0.15) is 39.7 Å². The fourth-order valence-corrected chi connectivity index (χ4v) is 23.4. The average Bonchev–Trinajstić information content (AvgIpc) is 3.17. The maximum atomic E-state index is 2.68. The van der Waals surface area contributed by atoms with Crippen LogP contribution in [0.25, 0.3) is 16.7 Å². The molecule has 1 unspecified atom stereocenters. The van der Waals surface area contributed by atoms with Crippen molar-refractivity contribution in [1.82, 2.24) is 0 Å². The molecule has 4 heteroatoms. The van der Waals surface area contributed by atoms with Crippen molar-refractivity contribution in [3.63, 3.8) is 0 Å². The van der Waals surface area contributed by atoms with Gasteiger partial charge >= 0.3 is 172 Å². The summed E-state index contributed by atoms with van der Waals surface area (Å²) in [5, 5.41) is 0. The van der Waals surface area contributed by atoms with Gasteiger partial charge in [0.05, 0.1) is 0 Å². The molecule has 2 aliphatic carbocycles. The molecule has 156 valence electrons. The van der Waals surface area contributed by atoms with Crippen LogP contribution in [0.4, 0.5) is 0 Å². The van der Waals surface area contributed by atoms with Gasteiger partial charge < -0.3 is 0 Å². The second-order valence-corrected chi connectivity index (χ2v) is 39.2. The van der Waals surface area contributed by atoms with E-state index < -0.39 is 17.4 Å². The molecule has 0 radical (unpaired) electrons. The maximum absolute atomic E-state index is 3.34. The van der Waals surface area contributed by atoms with Gasteiger partial charge in [-0.05, 0) is 0 Å². The van der Waals surface area contributed by atoms with Crippen molar-refractivity contribution < 1.29 is 17.4 Å². The molecule has 0 amide bonds. The fraction of sp³-hybridized carbons (Fsp3) is 0.231. The molecular weight excluding hydrogens is 503 g/mol. The standard InChI is InChI=1S/C13H9.C11H11.2CH3.2ClH.H2Si.Zr/c1-3-7-12-10(5-1)9-11-6-2-4-8-13(11)12;1-8-7-10-5-3-4-6-11(10)9(8)2;;;;;;/h1-5,7-8H,9H2;3-7H,1-2H3;2*1H3;2*1H;1H2;. The van der Waals surface area contributed by atoms with E-state index in [4.69, 9.17) is 0 Å². The molecule has 0 N–H and O–H groups in total. The van der Waals surface area contributed by atoms with E-state index >= 15 is 0 Å². The van der Waals surface area contributed by atoms with Gasteiger partial charge in [-0.2, -0.15) is 0 Å².